The predicted octanol–water partition coefficient (Wildman–Crippen LogP) is 2.62. The molecule has 0 aliphatic rings. The number of carbonyl (C=O) groups is 1. The van der Waals surface area contributed by atoms with E-state index in [1.165, 1.54) is 0 Å². The van der Waals surface area contributed by atoms with Crippen LogP contribution in [0.15, 0.2) is 23.4 Å². The molecule has 0 aliphatic carbocycles. The molecule has 1 N–H and O–H groups in total. The molecule has 0 bridgehead atoms. The second kappa shape index (κ2) is 5.63. The molecule has 0 amide bonds. The molecule has 0 unspecified atom stereocenters. The van der Waals surface area contributed by atoms with Gasteiger partial charge in [-0.3, -0.25) is 4.79 Å². The average molecular weight is 298 g/mol. The van der Waals surface area contributed by atoms with E-state index in [-0.39, 0.29) is 5.75 Å². The summed E-state index contributed by atoms with van der Waals surface area (Å²) in [5, 5.41) is 17.9. The fourth-order valence-electron chi connectivity index (χ4n) is 1.68. The quantitative estimate of drug-likeness (QED) is 0.879. The Bertz CT molecular complexity index is 607. The number of carboxylic acids is 1. The number of aromatic nitrogens is 3. The van der Waals surface area contributed by atoms with E-state index >= 15 is 0 Å². The lowest BCUT2D eigenvalue weighted by molar-refractivity contribution is -0.133. The summed E-state index contributed by atoms with van der Waals surface area (Å²) in [5.41, 5.74) is 1.90. The summed E-state index contributed by atoms with van der Waals surface area (Å²) >= 11 is 7.16. The number of halogens is 1. The van der Waals surface area contributed by atoms with Crippen LogP contribution in [0.1, 0.15) is 5.56 Å². The van der Waals surface area contributed by atoms with Crippen LogP contribution >= 0.6 is 23.4 Å². The third-order valence-corrected chi connectivity index (χ3v) is 3.68. The van der Waals surface area contributed by atoms with Crippen LogP contribution in [-0.2, 0) is 11.8 Å². The Morgan fingerprint density at radius 1 is 1.42 bits per heavy atom. The number of nitrogens with zero attached hydrogens (tertiary/aromatic N) is 3. The minimum Gasteiger partial charge on any atom is -0.481 e. The smallest absolute Gasteiger partial charge is 0.313 e. The number of benzene rings is 1. The molecule has 19 heavy (non-hydrogen) atoms. The van der Waals surface area contributed by atoms with Gasteiger partial charge in [0.15, 0.2) is 11.0 Å². The van der Waals surface area contributed by atoms with Gasteiger partial charge in [0.2, 0.25) is 0 Å². The lowest BCUT2D eigenvalue weighted by atomic mass is 10.1. The average Bonchev–Trinajstić information content (AvgIpc) is 2.66. The molecule has 1 aromatic carbocycles. The van der Waals surface area contributed by atoms with Crippen molar-refractivity contribution in [1.82, 2.24) is 14.8 Å². The fraction of sp³-hybridized carbons (Fsp3) is 0.250. The van der Waals surface area contributed by atoms with Crippen molar-refractivity contribution in [3.8, 4) is 11.4 Å². The molecule has 100 valence electrons. The summed E-state index contributed by atoms with van der Waals surface area (Å²) in [5.74, 6) is -0.257. The minimum atomic E-state index is -0.881. The first-order valence-corrected chi connectivity index (χ1v) is 6.85. The van der Waals surface area contributed by atoms with Crippen molar-refractivity contribution in [3.05, 3.63) is 28.8 Å². The number of thioether (sulfide) groups is 1. The van der Waals surface area contributed by atoms with E-state index in [1.807, 2.05) is 25.1 Å². The van der Waals surface area contributed by atoms with E-state index < -0.39 is 5.97 Å². The van der Waals surface area contributed by atoms with Crippen molar-refractivity contribution in [3.63, 3.8) is 0 Å². The third kappa shape index (κ3) is 3.27. The zero-order chi connectivity index (χ0) is 14.0. The van der Waals surface area contributed by atoms with E-state index in [0.29, 0.717) is 16.0 Å². The standard InChI is InChI=1S/C12H12ClN3O2S/c1-7-3-8(5-9(13)4-7)11-14-15-12(16(11)2)19-6-10(17)18/h3-5H,6H2,1-2H3,(H,17,18). The Morgan fingerprint density at radius 3 is 2.79 bits per heavy atom. The molecule has 0 saturated carbocycles. The van der Waals surface area contributed by atoms with E-state index in [0.717, 1.165) is 22.9 Å². The summed E-state index contributed by atoms with van der Waals surface area (Å²) in [6.07, 6.45) is 0. The zero-order valence-corrected chi connectivity index (χ0v) is 12.0. The molecule has 7 heteroatoms. The van der Waals surface area contributed by atoms with Gasteiger partial charge in [0.1, 0.15) is 0 Å². The molecular weight excluding hydrogens is 286 g/mol. The van der Waals surface area contributed by atoms with Crippen LogP contribution in [-0.4, -0.2) is 31.6 Å². The van der Waals surface area contributed by atoms with Gasteiger partial charge in [0.25, 0.3) is 0 Å². The number of aliphatic carboxylic acids is 1. The summed E-state index contributed by atoms with van der Waals surface area (Å²) in [6, 6.07) is 5.63. The molecule has 5 nitrogen and oxygen atoms in total. The summed E-state index contributed by atoms with van der Waals surface area (Å²) in [7, 11) is 1.80. The Balaban J connectivity index is 2.33. The highest BCUT2D eigenvalue weighted by Crippen LogP contribution is 2.25. The topological polar surface area (TPSA) is 68.0 Å². The molecule has 0 spiro atoms. The Morgan fingerprint density at radius 2 is 2.16 bits per heavy atom. The molecule has 0 radical (unpaired) electrons. The molecule has 0 fully saturated rings. The molecule has 2 aromatic rings. The highest BCUT2D eigenvalue weighted by molar-refractivity contribution is 7.99. The maximum absolute atomic E-state index is 10.6. The van der Waals surface area contributed by atoms with E-state index in [4.69, 9.17) is 16.7 Å². The number of aryl methyl sites for hydroxylation is 1. The number of hydrogen-bond donors (Lipinski definition) is 1. The van der Waals surface area contributed by atoms with Crippen LogP contribution in [0.4, 0.5) is 0 Å². The van der Waals surface area contributed by atoms with Crippen LogP contribution in [0.25, 0.3) is 11.4 Å². The van der Waals surface area contributed by atoms with Gasteiger partial charge in [-0.2, -0.15) is 0 Å². The largest absolute Gasteiger partial charge is 0.481 e. The van der Waals surface area contributed by atoms with Crippen LogP contribution in [0.5, 0.6) is 0 Å². The van der Waals surface area contributed by atoms with Gasteiger partial charge in [-0.05, 0) is 30.7 Å². The van der Waals surface area contributed by atoms with E-state index in [2.05, 4.69) is 10.2 Å². The fourth-order valence-corrected chi connectivity index (χ4v) is 2.60. The molecule has 0 atom stereocenters. The first-order chi connectivity index (χ1) is 8.97. The van der Waals surface area contributed by atoms with Crippen LogP contribution < -0.4 is 0 Å². The Kier molecular flexibility index (Phi) is 4.11. The molecule has 0 aliphatic heterocycles. The Labute approximate surface area is 119 Å². The van der Waals surface area contributed by atoms with E-state index in [9.17, 15) is 4.79 Å². The zero-order valence-electron chi connectivity index (χ0n) is 10.4. The monoisotopic (exact) mass is 297 g/mol. The van der Waals surface area contributed by atoms with Gasteiger partial charge in [0, 0.05) is 17.6 Å². The maximum atomic E-state index is 10.6. The van der Waals surface area contributed by atoms with Crippen molar-refractivity contribution in [2.75, 3.05) is 5.75 Å². The van der Waals surface area contributed by atoms with Gasteiger partial charge < -0.3 is 9.67 Å². The highest BCUT2D eigenvalue weighted by Gasteiger charge is 2.13. The molecular formula is C12H12ClN3O2S. The number of hydrogen-bond acceptors (Lipinski definition) is 4. The first kappa shape index (κ1) is 13.9. The molecule has 2 rings (SSSR count). The normalized spacial score (nSPS) is 10.7. The van der Waals surface area contributed by atoms with Gasteiger partial charge >= 0.3 is 5.97 Å². The van der Waals surface area contributed by atoms with Crippen molar-refractivity contribution < 1.29 is 9.90 Å². The number of rotatable bonds is 4. The second-order valence-electron chi connectivity index (χ2n) is 4.06. The summed E-state index contributed by atoms with van der Waals surface area (Å²) in [6.45, 7) is 1.95. The highest BCUT2D eigenvalue weighted by atomic mass is 35.5. The van der Waals surface area contributed by atoms with Crippen molar-refractivity contribution >= 4 is 29.3 Å². The lowest BCUT2D eigenvalue weighted by Gasteiger charge is -2.04. The third-order valence-electron chi connectivity index (χ3n) is 2.46. The summed E-state index contributed by atoms with van der Waals surface area (Å²) < 4.78 is 1.76. The van der Waals surface area contributed by atoms with Gasteiger partial charge in [-0.1, -0.05) is 23.4 Å². The van der Waals surface area contributed by atoms with Crippen LogP contribution in [0.3, 0.4) is 0 Å². The van der Waals surface area contributed by atoms with Crippen LogP contribution in [0.2, 0.25) is 5.02 Å². The lowest BCUT2D eigenvalue weighted by Crippen LogP contribution is -2.01. The second-order valence-corrected chi connectivity index (χ2v) is 5.44. The maximum Gasteiger partial charge on any atom is 0.313 e. The molecule has 0 saturated heterocycles. The summed E-state index contributed by atoms with van der Waals surface area (Å²) in [4.78, 5) is 10.6. The predicted molar refractivity (Wildman–Crippen MR) is 74.5 cm³/mol. The van der Waals surface area contributed by atoms with E-state index in [1.54, 1.807) is 11.6 Å². The van der Waals surface area contributed by atoms with Crippen LogP contribution in [0, 0.1) is 6.92 Å². The van der Waals surface area contributed by atoms with Gasteiger partial charge in [0.05, 0.1) is 5.75 Å². The van der Waals surface area contributed by atoms with Gasteiger partial charge in [-0.25, -0.2) is 0 Å². The van der Waals surface area contributed by atoms with Gasteiger partial charge in [-0.15, -0.1) is 10.2 Å². The Hall–Kier alpha value is -1.53. The first-order valence-electron chi connectivity index (χ1n) is 5.49. The minimum absolute atomic E-state index is 0.0411. The van der Waals surface area contributed by atoms with Crippen molar-refractivity contribution in [1.29, 1.82) is 0 Å². The SMILES string of the molecule is Cc1cc(Cl)cc(-c2nnc(SCC(=O)O)n2C)c1. The molecule has 1 heterocycles. The van der Waals surface area contributed by atoms with Crippen molar-refractivity contribution in [2.24, 2.45) is 7.05 Å². The molecule has 1 aromatic heterocycles. The van der Waals surface area contributed by atoms with Crippen molar-refractivity contribution in [2.45, 2.75) is 12.1 Å². The number of carboxylic acid groups (broad SMARTS) is 1.